The minimum Gasteiger partial charge on any atom is -0.427 e. The van der Waals surface area contributed by atoms with Gasteiger partial charge in [0.15, 0.2) is 11.6 Å². The van der Waals surface area contributed by atoms with E-state index in [1.54, 1.807) is 30.5 Å². The van der Waals surface area contributed by atoms with Crippen LogP contribution in [0.5, 0.6) is 5.75 Å². The van der Waals surface area contributed by atoms with Crippen molar-refractivity contribution in [1.82, 2.24) is 4.90 Å². The number of para-hydroxylation sites is 1. The average Bonchev–Trinajstić information content (AvgIpc) is 3.49. The Hall–Kier alpha value is -4.72. The summed E-state index contributed by atoms with van der Waals surface area (Å²) in [6.07, 6.45) is 3.69. The number of Topliss-reactive ketones (excluding diaryl/α,β-unsaturated/α-hetero) is 2. The van der Waals surface area contributed by atoms with Gasteiger partial charge in [0.1, 0.15) is 17.2 Å². The Morgan fingerprint density at radius 2 is 1.61 bits per heavy atom. The fourth-order valence-corrected chi connectivity index (χ4v) is 7.55. The second-order valence-electron chi connectivity index (χ2n) is 11.1. The number of nitrogens with zero attached hydrogens (tertiary/aromatic N) is 1. The molecule has 0 unspecified atom stereocenters. The summed E-state index contributed by atoms with van der Waals surface area (Å²) >= 11 is 12.8. The maximum atomic E-state index is 14.9. The number of carbonyl (C=O) groups excluding carboxylic acids is 4. The third kappa shape index (κ3) is 4.11. The first kappa shape index (κ1) is 28.1. The Balaban J connectivity index is 1.49. The van der Waals surface area contributed by atoms with E-state index in [1.165, 1.54) is 31.2 Å². The molecule has 44 heavy (non-hydrogen) atoms. The lowest BCUT2D eigenvalue weighted by Gasteiger charge is -2.38. The van der Waals surface area contributed by atoms with Crippen LogP contribution >= 0.6 is 23.2 Å². The number of esters is 1. The number of carbonyl (C=O) groups is 4. The number of nitrogens with one attached hydrogen (secondary N) is 1. The van der Waals surface area contributed by atoms with Gasteiger partial charge in [-0.3, -0.25) is 19.2 Å². The van der Waals surface area contributed by atoms with Crippen LogP contribution in [0.2, 0.25) is 10.0 Å². The number of ketones is 2. The minimum absolute atomic E-state index is 0.127. The van der Waals surface area contributed by atoms with Gasteiger partial charge in [-0.25, -0.2) is 0 Å². The first-order chi connectivity index (χ1) is 21.2. The SMILES string of the molecule is CC(=O)Oc1ccc(C(=O)[C@@H]2[C@H](C(=O)c3ccc(Cl)cc3Cl)[C@]3(C(=O)Nc4ccccc43)[C@H]3c4ccccc4C=CN23)cc1. The highest BCUT2D eigenvalue weighted by atomic mass is 35.5. The number of fused-ring (bicyclic) bond motifs is 6. The number of anilines is 1. The largest absolute Gasteiger partial charge is 0.427 e. The van der Waals surface area contributed by atoms with E-state index in [1.807, 2.05) is 53.4 Å². The molecule has 1 saturated heterocycles. The Morgan fingerprint density at radius 1 is 0.886 bits per heavy atom. The third-order valence-electron chi connectivity index (χ3n) is 8.72. The molecule has 0 radical (unpaired) electrons. The lowest BCUT2D eigenvalue weighted by atomic mass is 9.62. The van der Waals surface area contributed by atoms with Gasteiger partial charge in [0.05, 0.1) is 17.0 Å². The van der Waals surface area contributed by atoms with Gasteiger partial charge in [0.25, 0.3) is 0 Å². The summed E-state index contributed by atoms with van der Waals surface area (Å²) in [5.41, 5.74) is 1.90. The number of ether oxygens (including phenoxy) is 1. The molecule has 1 amide bonds. The van der Waals surface area contributed by atoms with E-state index in [2.05, 4.69) is 5.32 Å². The van der Waals surface area contributed by atoms with Gasteiger partial charge in [-0.2, -0.15) is 0 Å². The van der Waals surface area contributed by atoms with Gasteiger partial charge in [-0.15, -0.1) is 0 Å². The summed E-state index contributed by atoms with van der Waals surface area (Å²) < 4.78 is 5.16. The van der Waals surface area contributed by atoms with Crippen molar-refractivity contribution in [1.29, 1.82) is 0 Å². The topological polar surface area (TPSA) is 92.8 Å². The van der Waals surface area contributed by atoms with Gasteiger partial charge in [0.2, 0.25) is 5.91 Å². The zero-order valence-corrected chi connectivity index (χ0v) is 24.8. The van der Waals surface area contributed by atoms with Gasteiger partial charge in [-0.05, 0) is 71.3 Å². The van der Waals surface area contributed by atoms with Crippen molar-refractivity contribution in [2.75, 3.05) is 5.32 Å². The second-order valence-corrected chi connectivity index (χ2v) is 11.9. The second kappa shape index (κ2) is 10.5. The fraction of sp³-hybridized carbons (Fsp3) is 0.143. The number of rotatable bonds is 5. The normalized spacial score (nSPS) is 22.7. The van der Waals surface area contributed by atoms with Crippen LogP contribution < -0.4 is 10.1 Å². The number of hydrogen-bond acceptors (Lipinski definition) is 6. The highest BCUT2D eigenvalue weighted by Crippen LogP contribution is 2.62. The van der Waals surface area contributed by atoms with Gasteiger partial charge in [-0.1, -0.05) is 65.7 Å². The van der Waals surface area contributed by atoms with E-state index in [9.17, 15) is 19.2 Å². The summed E-state index contributed by atoms with van der Waals surface area (Å²) in [4.78, 5) is 57.4. The van der Waals surface area contributed by atoms with Crippen LogP contribution in [0.4, 0.5) is 5.69 Å². The molecule has 4 aromatic carbocycles. The van der Waals surface area contributed by atoms with Gasteiger partial charge >= 0.3 is 5.97 Å². The van der Waals surface area contributed by atoms with Crippen molar-refractivity contribution in [2.45, 2.75) is 24.4 Å². The van der Waals surface area contributed by atoms with Crippen LogP contribution in [0.25, 0.3) is 6.08 Å². The molecule has 0 aliphatic carbocycles. The van der Waals surface area contributed by atoms with Crippen LogP contribution in [-0.2, 0) is 15.0 Å². The Labute approximate surface area is 263 Å². The molecule has 1 fully saturated rings. The number of benzene rings is 4. The van der Waals surface area contributed by atoms with Gasteiger partial charge in [0, 0.05) is 35.0 Å². The minimum atomic E-state index is -1.49. The third-order valence-corrected chi connectivity index (χ3v) is 9.27. The molecule has 1 spiro atoms. The zero-order valence-electron chi connectivity index (χ0n) is 23.3. The molecule has 218 valence electrons. The van der Waals surface area contributed by atoms with Crippen molar-refractivity contribution >= 4 is 58.4 Å². The molecule has 0 aromatic heterocycles. The number of halogens is 2. The summed E-state index contributed by atoms with van der Waals surface area (Å²) in [6.45, 7) is 1.29. The van der Waals surface area contributed by atoms with E-state index in [-0.39, 0.29) is 28.0 Å². The number of amides is 1. The van der Waals surface area contributed by atoms with Crippen molar-refractivity contribution in [3.63, 3.8) is 0 Å². The molecule has 4 atom stereocenters. The molecule has 7 rings (SSSR count). The summed E-state index contributed by atoms with van der Waals surface area (Å²) in [7, 11) is 0. The standard InChI is InChI=1S/C35H24Cl2N2O5/c1-19(40)44-23-13-10-21(11-14-23)31(41)30-29(32(42)25-15-12-22(36)18-27(25)37)35(26-8-4-5-9-28(26)38-34(35)43)33-24-7-3-2-6-20(24)16-17-39(30)33/h2-18,29-30,33H,1H3,(H,38,43)/t29-,30+,33-,35+/m1/s1. The fourth-order valence-electron chi connectivity index (χ4n) is 7.05. The molecule has 3 heterocycles. The first-order valence-corrected chi connectivity index (χ1v) is 14.7. The van der Waals surface area contributed by atoms with E-state index < -0.39 is 35.2 Å². The van der Waals surface area contributed by atoms with Crippen LogP contribution in [-0.4, -0.2) is 34.4 Å². The van der Waals surface area contributed by atoms with E-state index in [0.717, 1.165) is 11.1 Å². The lowest BCUT2D eigenvalue weighted by molar-refractivity contribution is -0.131. The van der Waals surface area contributed by atoms with Crippen LogP contribution in [0.3, 0.4) is 0 Å². The molecule has 0 saturated carbocycles. The molecular weight excluding hydrogens is 599 g/mol. The van der Waals surface area contributed by atoms with Crippen LogP contribution in [0.15, 0.2) is 97.2 Å². The van der Waals surface area contributed by atoms with Crippen LogP contribution in [0, 0.1) is 5.92 Å². The smallest absolute Gasteiger partial charge is 0.308 e. The molecule has 1 N–H and O–H groups in total. The highest BCUT2D eigenvalue weighted by Gasteiger charge is 2.70. The van der Waals surface area contributed by atoms with Crippen LogP contribution in [0.1, 0.15) is 50.4 Å². The lowest BCUT2D eigenvalue weighted by Crippen LogP contribution is -2.49. The quantitative estimate of drug-likeness (QED) is 0.148. The Morgan fingerprint density at radius 3 is 2.36 bits per heavy atom. The highest BCUT2D eigenvalue weighted by molar-refractivity contribution is 6.37. The summed E-state index contributed by atoms with van der Waals surface area (Å²) in [5, 5.41) is 3.50. The van der Waals surface area contributed by atoms with Gasteiger partial charge < -0.3 is 15.0 Å². The van der Waals surface area contributed by atoms with E-state index in [4.69, 9.17) is 27.9 Å². The van der Waals surface area contributed by atoms with Crippen molar-refractivity contribution < 1.29 is 23.9 Å². The molecule has 3 aliphatic rings. The van der Waals surface area contributed by atoms with E-state index >= 15 is 0 Å². The first-order valence-electron chi connectivity index (χ1n) is 14.0. The monoisotopic (exact) mass is 622 g/mol. The maximum Gasteiger partial charge on any atom is 0.308 e. The average molecular weight is 623 g/mol. The predicted octanol–water partition coefficient (Wildman–Crippen LogP) is 6.90. The Kier molecular flexibility index (Phi) is 6.68. The molecular formula is C35H24Cl2N2O5. The zero-order chi connectivity index (χ0) is 30.7. The Bertz CT molecular complexity index is 1920. The molecule has 3 aliphatic heterocycles. The molecule has 0 bridgehead atoms. The predicted molar refractivity (Wildman–Crippen MR) is 167 cm³/mol. The number of hydrogen-bond donors (Lipinski definition) is 1. The molecule has 4 aromatic rings. The van der Waals surface area contributed by atoms with Crippen molar-refractivity contribution in [3.8, 4) is 5.75 Å². The summed E-state index contributed by atoms with van der Waals surface area (Å²) in [6, 6.07) is 23.9. The van der Waals surface area contributed by atoms with E-state index in [0.29, 0.717) is 21.8 Å². The van der Waals surface area contributed by atoms with Crippen molar-refractivity contribution in [2.24, 2.45) is 5.92 Å². The summed E-state index contributed by atoms with van der Waals surface area (Å²) in [5.74, 6) is -2.59. The van der Waals surface area contributed by atoms with Crippen molar-refractivity contribution in [3.05, 3.63) is 135 Å². The maximum absolute atomic E-state index is 14.9. The molecule has 7 nitrogen and oxygen atoms in total. The molecule has 9 heteroatoms.